The summed E-state index contributed by atoms with van der Waals surface area (Å²) >= 11 is 3.97. The Morgan fingerprint density at radius 1 is 1.71 bits per heavy atom. The fraction of sp³-hybridized carbons (Fsp3) is 1.00. The molecule has 0 atom stereocenters. The molecule has 0 aliphatic heterocycles. The summed E-state index contributed by atoms with van der Waals surface area (Å²) in [6, 6.07) is 0. The van der Waals surface area contributed by atoms with Crippen LogP contribution in [0, 0.1) is 0 Å². The van der Waals surface area contributed by atoms with Gasteiger partial charge in [-0.15, -0.1) is 11.8 Å². The van der Waals surface area contributed by atoms with Gasteiger partial charge < -0.3 is 14.9 Å². The summed E-state index contributed by atoms with van der Waals surface area (Å²) in [6.07, 6.45) is 0. The molecule has 0 aromatic rings. The molecule has 1 N–H and O–H groups in total. The van der Waals surface area contributed by atoms with Gasteiger partial charge in [-0.1, -0.05) is 6.92 Å². The van der Waals surface area contributed by atoms with Crippen LogP contribution in [0.15, 0.2) is 0 Å². The van der Waals surface area contributed by atoms with E-state index in [1.54, 1.807) is 6.92 Å². The van der Waals surface area contributed by atoms with Crippen molar-refractivity contribution in [1.82, 2.24) is 5.09 Å². The molecule has 0 amide bonds. The summed E-state index contributed by atoms with van der Waals surface area (Å²) in [5.74, 6) is 0. The minimum absolute atomic E-state index is 0.379. The van der Waals surface area contributed by atoms with Crippen LogP contribution in [0.1, 0.15) is 6.92 Å². The Labute approximate surface area is 47.6 Å². The second-order valence-electron chi connectivity index (χ2n) is 1.01. The van der Waals surface area contributed by atoms with E-state index in [1.165, 1.54) is 0 Å². The number of nitrogens with one attached hydrogen (secondary N) is 1. The third kappa shape index (κ3) is 6.53. The van der Waals surface area contributed by atoms with Crippen LogP contribution in [0.5, 0.6) is 0 Å². The van der Waals surface area contributed by atoms with Crippen molar-refractivity contribution in [3.8, 4) is 0 Å². The molecule has 0 bridgehead atoms. The van der Waals surface area contributed by atoms with Gasteiger partial charge >= 0.3 is 0 Å². The number of rotatable bonds is 2. The summed E-state index contributed by atoms with van der Waals surface area (Å²) in [6.45, 7) is -1.53. The molecular weight excluding hydrogens is 133 g/mol. The van der Waals surface area contributed by atoms with Crippen molar-refractivity contribution in [3.05, 3.63) is 0 Å². The second kappa shape index (κ2) is 2.74. The van der Waals surface area contributed by atoms with Gasteiger partial charge in [-0.2, -0.15) is 6.64 Å². The summed E-state index contributed by atoms with van der Waals surface area (Å²) in [4.78, 5) is 19.9. The Balaban J connectivity index is 3.36. The van der Waals surface area contributed by atoms with Crippen molar-refractivity contribution >= 4 is 18.4 Å². The van der Waals surface area contributed by atoms with E-state index in [-0.39, 0.29) is 0 Å². The van der Waals surface area contributed by atoms with Crippen LogP contribution in [0.4, 0.5) is 0 Å². The molecule has 0 heterocycles. The average Bonchev–Trinajstić information content (AvgIpc) is 1.30. The molecule has 0 aromatic carbocycles. The highest BCUT2D eigenvalue weighted by atomic mass is 32.5. The summed E-state index contributed by atoms with van der Waals surface area (Å²) in [7, 11) is 0. The van der Waals surface area contributed by atoms with Crippen molar-refractivity contribution in [3.63, 3.8) is 0 Å². The molecule has 0 saturated carbocycles. The van der Waals surface area contributed by atoms with Crippen molar-refractivity contribution in [2.24, 2.45) is 0 Å². The van der Waals surface area contributed by atoms with Crippen molar-refractivity contribution < 1.29 is 9.79 Å². The molecule has 7 heavy (non-hydrogen) atoms. The van der Waals surface area contributed by atoms with Gasteiger partial charge in [-0.3, -0.25) is 0 Å². The summed E-state index contributed by atoms with van der Waals surface area (Å²) < 4.78 is 0. The summed E-state index contributed by atoms with van der Waals surface area (Å²) in [5, 5.41) is 2.10. The highest BCUT2D eigenvalue weighted by molar-refractivity contribution is 8.06. The Morgan fingerprint density at radius 2 is 2.14 bits per heavy atom. The molecular formula is C2H6NO2PS-2. The van der Waals surface area contributed by atoms with E-state index in [4.69, 9.17) is 0 Å². The van der Waals surface area contributed by atoms with Crippen LogP contribution in [-0.4, -0.2) is 6.54 Å². The molecule has 0 unspecified atom stereocenters. The fourth-order valence-electron chi connectivity index (χ4n) is 0.194. The lowest BCUT2D eigenvalue weighted by Gasteiger charge is -2.35. The van der Waals surface area contributed by atoms with Gasteiger partial charge in [0, 0.05) is 0 Å². The lowest BCUT2D eigenvalue weighted by atomic mass is 10.8. The van der Waals surface area contributed by atoms with Gasteiger partial charge in [-0.05, 0) is 6.54 Å². The van der Waals surface area contributed by atoms with Crippen LogP contribution in [0.25, 0.3) is 0 Å². The maximum absolute atomic E-state index is 9.96. The van der Waals surface area contributed by atoms with E-state index >= 15 is 0 Å². The third-order valence-electron chi connectivity index (χ3n) is 0.352. The maximum Gasteiger partial charge on any atom is -0.00546 e. The van der Waals surface area contributed by atoms with Gasteiger partial charge in [0.25, 0.3) is 0 Å². The average molecular weight is 139 g/mol. The van der Waals surface area contributed by atoms with Crippen LogP contribution >= 0.6 is 6.64 Å². The maximum atomic E-state index is 9.96. The lowest BCUT2D eigenvalue weighted by molar-refractivity contribution is -0.298. The Kier molecular flexibility index (Phi) is 2.95. The van der Waals surface area contributed by atoms with E-state index in [9.17, 15) is 9.79 Å². The first-order valence-electron chi connectivity index (χ1n) is 1.83. The Bertz CT molecular complexity index is 89.7. The van der Waals surface area contributed by atoms with Gasteiger partial charge in [0.1, 0.15) is 0 Å². The van der Waals surface area contributed by atoms with Gasteiger partial charge in [0.2, 0.25) is 0 Å². The molecule has 0 aliphatic rings. The molecule has 0 fully saturated rings. The Hall–Kier alpha value is 0.530. The molecule has 0 aliphatic carbocycles. The van der Waals surface area contributed by atoms with E-state index in [2.05, 4.69) is 16.9 Å². The lowest BCUT2D eigenvalue weighted by Crippen LogP contribution is -2.27. The van der Waals surface area contributed by atoms with Crippen molar-refractivity contribution in [1.29, 1.82) is 0 Å². The zero-order chi connectivity index (χ0) is 5.91. The predicted molar refractivity (Wildman–Crippen MR) is 28.0 cm³/mol. The molecule has 0 radical (unpaired) electrons. The molecule has 0 rings (SSSR count). The largest absolute Gasteiger partial charge is 0.821 e. The fourth-order valence-corrected chi connectivity index (χ4v) is 0.968. The van der Waals surface area contributed by atoms with E-state index in [0.29, 0.717) is 6.54 Å². The van der Waals surface area contributed by atoms with Crippen LogP contribution in [0.2, 0.25) is 0 Å². The van der Waals surface area contributed by atoms with E-state index in [1.807, 2.05) is 0 Å². The predicted octanol–water partition coefficient (Wildman–Crippen LogP) is -1.46. The van der Waals surface area contributed by atoms with Gasteiger partial charge in [-0.25, -0.2) is 0 Å². The minimum atomic E-state index is -3.58. The van der Waals surface area contributed by atoms with Gasteiger partial charge in [0.15, 0.2) is 0 Å². The first-order valence-corrected chi connectivity index (χ1v) is 4.47. The van der Waals surface area contributed by atoms with E-state index in [0.717, 1.165) is 0 Å². The quantitative estimate of drug-likeness (QED) is 0.475. The van der Waals surface area contributed by atoms with Crippen molar-refractivity contribution in [2.75, 3.05) is 6.54 Å². The van der Waals surface area contributed by atoms with Crippen LogP contribution < -0.4 is 14.9 Å². The SMILES string of the molecule is CCNP([O-])([O-])=S. The van der Waals surface area contributed by atoms with Gasteiger partial charge in [0.05, 0.1) is 0 Å². The van der Waals surface area contributed by atoms with Crippen molar-refractivity contribution in [2.45, 2.75) is 6.92 Å². The monoisotopic (exact) mass is 139 g/mol. The summed E-state index contributed by atoms with van der Waals surface area (Å²) in [5.41, 5.74) is 0. The molecule has 0 spiro atoms. The third-order valence-corrected chi connectivity index (χ3v) is 1.44. The second-order valence-corrected chi connectivity index (χ2v) is 3.76. The zero-order valence-corrected chi connectivity index (χ0v) is 5.59. The molecule has 44 valence electrons. The Morgan fingerprint density at radius 3 is 2.14 bits per heavy atom. The normalized spacial score (nSPS) is 11.9. The highest BCUT2D eigenvalue weighted by Gasteiger charge is 1.74. The number of hydrogen-bond acceptors (Lipinski definition) is 3. The minimum Gasteiger partial charge on any atom is -0.821 e. The molecule has 0 aromatic heterocycles. The highest BCUT2D eigenvalue weighted by Crippen LogP contribution is 2.13. The molecule has 0 saturated heterocycles. The standard InChI is InChI=1S/C2H8NO2PS/c1-2-3-6(4,5)7/h2H2,1H3,(H3,3,4,5,7)/p-2. The molecule has 3 nitrogen and oxygen atoms in total. The molecule has 5 heteroatoms. The number of hydrogen-bond donors (Lipinski definition) is 1. The van der Waals surface area contributed by atoms with Crippen LogP contribution in [-0.2, 0) is 11.8 Å². The van der Waals surface area contributed by atoms with E-state index < -0.39 is 6.64 Å². The first kappa shape index (κ1) is 7.53. The zero-order valence-electron chi connectivity index (χ0n) is 3.88. The first-order chi connectivity index (χ1) is 3.06. The van der Waals surface area contributed by atoms with Crippen LogP contribution in [0.3, 0.4) is 0 Å². The topological polar surface area (TPSA) is 58.1 Å². The smallest absolute Gasteiger partial charge is 0.00546 e.